The van der Waals surface area contributed by atoms with Gasteiger partial charge in [0.25, 0.3) is 5.91 Å². The molecule has 1 aliphatic rings. The standard InChI is InChI=1S/C13H17BrN2O3/c1-8-13(18,4-5-19-8)7-16-12(17)10-3-2-9(14)6-11(10)15/h2-3,6,8,18H,4-5,7,15H2,1H3,(H,16,17). The molecule has 0 aliphatic carbocycles. The minimum atomic E-state index is -1.00. The smallest absolute Gasteiger partial charge is 0.253 e. The second-order valence-corrected chi connectivity index (χ2v) is 5.70. The first-order chi connectivity index (χ1) is 8.92. The van der Waals surface area contributed by atoms with Gasteiger partial charge in [-0.3, -0.25) is 4.79 Å². The van der Waals surface area contributed by atoms with E-state index in [-0.39, 0.29) is 18.6 Å². The molecular formula is C13H17BrN2O3. The van der Waals surface area contributed by atoms with Gasteiger partial charge >= 0.3 is 0 Å². The third-order valence-electron chi connectivity index (χ3n) is 3.47. The molecule has 1 amide bonds. The molecule has 2 rings (SSSR count). The molecule has 1 heterocycles. The number of amides is 1. The van der Waals surface area contributed by atoms with Crippen molar-refractivity contribution >= 4 is 27.5 Å². The molecular weight excluding hydrogens is 312 g/mol. The molecule has 0 saturated carbocycles. The van der Waals surface area contributed by atoms with Crippen molar-refractivity contribution < 1.29 is 14.6 Å². The molecule has 6 heteroatoms. The Morgan fingerprint density at radius 1 is 1.68 bits per heavy atom. The first kappa shape index (κ1) is 14.3. The van der Waals surface area contributed by atoms with Gasteiger partial charge in [0.15, 0.2) is 0 Å². The van der Waals surface area contributed by atoms with Crippen LogP contribution in [0.4, 0.5) is 5.69 Å². The lowest BCUT2D eigenvalue weighted by atomic mass is 9.96. The molecule has 1 aromatic rings. The predicted molar refractivity (Wildman–Crippen MR) is 75.9 cm³/mol. The van der Waals surface area contributed by atoms with E-state index in [2.05, 4.69) is 21.2 Å². The Hall–Kier alpha value is -1.11. The molecule has 1 saturated heterocycles. The molecule has 2 atom stereocenters. The molecule has 0 radical (unpaired) electrons. The van der Waals surface area contributed by atoms with E-state index in [1.165, 1.54) is 0 Å². The van der Waals surface area contributed by atoms with Crippen LogP contribution in [0.5, 0.6) is 0 Å². The van der Waals surface area contributed by atoms with Gasteiger partial charge in [0.1, 0.15) is 5.60 Å². The van der Waals surface area contributed by atoms with Crippen LogP contribution in [0.25, 0.3) is 0 Å². The lowest BCUT2D eigenvalue weighted by molar-refractivity contribution is -0.0251. The van der Waals surface area contributed by atoms with Gasteiger partial charge in [-0.15, -0.1) is 0 Å². The summed E-state index contributed by atoms with van der Waals surface area (Å²) in [7, 11) is 0. The number of carbonyl (C=O) groups excluding carboxylic acids is 1. The second-order valence-electron chi connectivity index (χ2n) is 4.78. The zero-order valence-electron chi connectivity index (χ0n) is 10.6. The van der Waals surface area contributed by atoms with Crippen molar-refractivity contribution in [3.63, 3.8) is 0 Å². The Kier molecular flexibility index (Phi) is 4.13. The highest BCUT2D eigenvalue weighted by molar-refractivity contribution is 9.10. The number of aliphatic hydroxyl groups is 1. The van der Waals surface area contributed by atoms with Crippen LogP contribution < -0.4 is 11.1 Å². The van der Waals surface area contributed by atoms with Crippen LogP contribution in [0.2, 0.25) is 0 Å². The third-order valence-corrected chi connectivity index (χ3v) is 3.97. The number of halogens is 1. The van der Waals surface area contributed by atoms with Crippen LogP contribution in [0, 0.1) is 0 Å². The van der Waals surface area contributed by atoms with Gasteiger partial charge < -0.3 is 20.9 Å². The number of nitrogens with one attached hydrogen (secondary N) is 1. The van der Waals surface area contributed by atoms with E-state index in [0.717, 1.165) is 4.47 Å². The highest BCUT2D eigenvalue weighted by Gasteiger charge is 2.39. The van der Waals surface area contributed by atoms with E-state index < -0.39 is 5.60 Å². The van der Waals surface area contributed by atoms with E-state index in [1.807, 2.05) is 0 Å². The zero-order valence-corrected chi connectivity index (χ0v) is 12.2. The summed E-state index contributed by atoms with van der Waals surface area (Å²) in [5.41, 5.74) is 5.59. The summed E-state index contributed by atoms with van der Waals surface area (Å²) >= 11 is 3.29. The van der Waals surface area contributed by atoms with Crippen molar-refractivity contribution in [1.82, 2.24) is 5.32 Å². The molecule has 0 aromatic heterocycles. The van der Waals surface area contributed by atoms with Crippen LogP contribution in [0.1, 0.15) is 23.7 Å². The van der Waals surface area contributed by atoms with Crippen LogP contribution in [-0.2, 0) is 4.74 Å². The molecule has 5 nitrogen and oxygen atoms in total. The van der Waals surface area contributed by atoms with Crippen LogP contribution in [0.3, 0.4) is 0 Å². The minimum Gasteiger partial charge on any atom is -0.398 e. The zero-order chi connectivity index (χ0) is 14.0. The summed E-state index contributed by atoms with van der Waals surface area (Å²) in [6, 6.07) is 5.07. The quantitative estimate of drug-likeness (QED) is 0.730. The summed E-state index contributed by atoms with van der Waals surface area (Å²) in [6.07, 6.45) is 0.236. The topological polar surface area (TPSA) is 84.6 Å². The summed E-state index contributed by atoms with van der Waals surface area (Å²) in [5.74, 6) is -0.294. The number of carbonyl (C=O) groups is 1. The molecule has 1 aromatic carbocycles. The highest BCUT2D eigenvalue weighted by Crippen LogP contribution is 2.25. The SMILES string of the molecule is CC1OCCC1(O)CNC(=O)c1ccc(Br)cc1N. The van der Waals surface area contributed by atoms with E-state index in [9.17, 15) is 9.90 Å². The Morgan fingerprint density at radius 2 is 2.42 bits per heavy atom. The maximum Gasteiger partial charge on any atom is 0.253 e. The van der Waals surface area contributed by atoms with Crippen molar-refractivity contribution in [2.75, 3.05) is 18.9 Å². The van der Waals surface area contributed by atoms with Crippen molar-refractivity contribution in [3.8, 4) is 0 Å². The van der Waals surface area contributed by atoms with Gasteiger partial charge in [0.05, 0.1) is 11.7 Å². The Balaban J connectivity index is 2.02. The van der Waals surface area contributed by atoms with Crippen molar-refractivity contribution in [2.24, 2.45) is 0 Å². The number of rotatable bonds is 3. The third kappa shape index (κ3) is 3.08. The average molecular weight is 329 g/mol. The molecule has 0 spiro atoms. The number of nitrogens with two attached hydrogens (primary N) is 1. The largest absolute Gasteiger partial charge is 0.398 e. The number of hydrogen-bond donors (Lipinski definition) is 3. The van der Waals surface area contributed by atoms with Crippen LogP contribution >= 0.6 is 15.9 Å². The normalized spacial score (nSPS) is 26.4. The molecule has 104 valence electrons. The van der Waals surface area contributed by atoms with Gasteiger partial charge in [0, 0.05) is 29.7 Å². The van der Waals surface area contributed by atoms with E-state index in [0.29, 0.717) is 24.3 Å². The lowest BCUT2D eigenvalue weighted by Gasteiger charge is -2.26. The monoisotopic (exact) mass is 328 g/mol. The predicted octanol–water partition coefficient (Wildman–Crippen LogP) is 1.30. The number of anilines is 1. The van der Waals surface area contributed by atoms with E-state index in [4.69, 9.17) is 10.5 Å². The number of ether oxygens (including phenoxy) is 1. The molecule has 1 fully saturated rings. The molecule has 4 N–H and O–H groups in total. The average Bonchev–Trinajstić information content (AvgIpc) is 2.67. The minimum absolute atomic E-state index is 0.155. The lowest BCUT2D eigenvalue weighted by Crippen LogP contribution is -2.47. The highest BCUT2D eigenvalue weighted by atomic mass is 79.9. The maximum absolute atomic E-state index is 12.0. The van der Waals surface area contributed by atoms with Gasteiger partial charge in [-0.25, -0.2) is 0 Å². The van der Waals surface area contributed by atoms with E-state index >= 15 is 0 Å². The molecule has 0 bridgehead atoms. The van der Waals surface area contributed by atoms with Crippen LogP contribution in [-0.4, -0.2) is 35.9 Å². The summed E-state index contributed by atoms with van der Waals surface area (Å²) < 4.78 is 6.13. The van der Waals surface area contributed by atoms with Gasteiger partial charge in [-0.05, 0) is 25.1 Å². The van der Waals surface area contributed by atoms with E-state index in [1.54, 1.807) is 25.1 Å². The first-order valence-electron chi connectivity index (χ1n) is 6.09. The second kappa shape index (κ2) is 5.48. The number of nitrogen functional groups attached to an aromatic ring is 1. The van der Waals surface area contributed by atoms with Crippen molar-refractivity contribution in [3.05, 3.63) is 28.2 Å². The number of benzene rings is 1. The molecule has 19 heavy (non-hydrogen) atoms. The maximum atomic E-state index is 12.0. The van der Waals surface area contributed by atoms with Crippen molar-refractivity contribution in [1.29, 1.82) is 0 Å². The van der Waals surface area contributed by atoms with Crippen LogP contribution in [0.15, 0.2) is 22.7 Å². The van der Waals surface area contributed by atoms with Gasteiger partial charge in [-0.1, -0.05) is 15.9 Å². The van der Waals surface area contributed by atoms with Crippen molar-refractivity contribution in [2.45, 2.75) is 25.0 Å². The summed E-state index contributed by atoms with van der Waals surface area (Å²) in [6.45, 7) is 2.46. The fourth-order valence-electron chi connectivity index (χ4n) is 2.07. The fourth-order valence-corrected chi connectivity index (χ4v) is 2.45. The van der Waals surface area contributed by atoms with Gasteiger partial charge in [-0.2, -0.15) is 0 Å². The summed E-state index contributed by atoms with van der Waals surface area (Å²) in [5, 5.41) is 13.0. The Morgan fingerprint density at radius 3 is 3.00 bits per heavy atom. The molecule has 2 unspecified atom stereocenters. The summed E-state index contributed by atoms with van der Waals surface area (Å²) in [4.78, 5) is 12.0. The van der Waals surface area contributed by atoms with Gasteiger partial charge in [0.2, 0.25) is 0 Å². The first-order valence-corrected chi connectivity index (χ1v) is 6.89. The number of hydrogen-bond acceptors (Lipinski definition) is 4. The Bertz CT molecular complexity index is 495. The Labute approximate surface area is 120 Å². The molecule has 1 aliphatic heterocycles. The fraction of sp³-hybridized carbons (Fsp3) is 0.462.